The minimum Gasteiger partial charge on any atom is -0.342 e. The van der Waals surface area contributed by atoms with E-state index >= 15 is 0 Å². The van der Waals surface area contributed by atoms with Crippen molar-refractivity contribution in [3.05, 3.63) is 48.7 Å². The molecule has 1 atom stereocenters. The Hall–Kier alpha value is -2.76. The summed E-state index contributed by atoms with van der Waals surface area (Å²) in [6.07, 6.45) is 7.61. The van der Waals surface area contributed by atoms with Crippen LogP contribution in [0.2, 0.25) is 0 Å². The first-order valence-corrected chi connectivity index (χ1v) is 8.23. The summed E-state index contributed by atoms with van der Waals surface area (Å²) in [5.41, 5.74) is 2.94. The lowest BCUT2D eigenvalue weighted by molar-refractivity contribution is -0.130. The SMILES string of the molecule is CC(=O)N1CCCC(c2nc3ccc(-c4cccnc4)cn3n2)C1. The van der Waals surface area contributed by atoms with Gasteiger partial charge in [0.15, 0.2) is 11.5 Å². The van der Waals surface area contributed by atoms with Crippen molar-refractivity contribution in [2.24, 2.45) is 0 Å². The van der Waals surface area contributed by atoms with Crippen molar-refractivity contribution in [2.45, 2.75) is 25.7 Å². The molecule has 4 heterocycles. The first kappa shape index (κ1) is 14.8. The molecule has 1 amide bonds. The normalized spacial score (nSPS) is 18.0. The van der Waals surface area contributed by atoms with E-state index in [1.54, 1.807) is 13.1 Å². The van der Waals surface area contributed by atoms with Crippen molar-refractivity contribution in [3.63, 3.8) is 0 Å². The molecule has 122 valence electrons. The van der Waals surface area contributed by atoms with Gasteiger partial charge in [-0.2, -0.15) is 5.10 Å². The molecule has 0 aromatic carbocycles. The summed E-state index contributed by atoms with van der Waals surface area (Å²) >= 11 is 0. The van der Waals surface area contributed by atoms with Crippen LogP contribution in [-0.2, 0) is 4.79 Å². The highest BCUT2D eigenvalue weighted by Gasteiger charge is 2.25. The summed E-state index contributed by atoms with van der Waals surface area (Å²) in [7, 11) is 0. The molecule has 0 radical (unpaired) electrons. The molecular weight excluding hydrogens is 302 g/mol. The number of carbonyl (C=O) groups excluding carboxylic acids is 1. The van der Waals surface area contributed by atoms with Crippen molar-refractivity contribution < 1.29 is 4.79 Å². The quantitative estimate of drug-likeness (QED) is 0.727. The summed E-state index contributed by atoms with van der Waals surface area (Å²) in [6, 6.07) is 7.96. The molecule has 0 N–H and O–H groups in total. The Morgan fingerprint density at radius 2 is 2.17 bits per heavy atom. The molecule has 4 rings (SSSR count). The number of pyridine rings is 2. The van der Waals surface area contributed by atoms with E-state index in [-0.39, 0.29) is 11.8 Å². The molecule has 6 heteroatoms. The largest absolute Gasteiger partial charge is 0.342 e. The zero-order valence-electron chi connectivity index (χ0n) is 13.6. The molecule has 1 aliphatic heterocycles. The van der Waals surface area contributed by atoms with Gasteiger partial charge in [-0.1, -0.05) is 6.07 Å². The second-order valence-electron chi connectivity index (χ2n) is 6.24. The van der Waals surface area contributed by atoms with Crippen LogP contribution in [0.25, 0.3) is 16.8 Å². The van der Waals surface area contributed by atoms with Gasteiger partial charge in [-0.3, -0.25) is 9.78 Å². The number of piperidine rings is 1. The van der Waals surface area contributed by atoms with E-state index in [4.69, 9.17) is 0 Å². The number of hydrogen-bond donors (Lipinski definition) is 0. The van der Waals surface area contributed by atoms with Gasteiger partial charge in [0.1, 0.15) is 0 Å². The van der Waals surface area contributed by atoms with Crippen LogP contribution in [0.15, 0.2) is 42.9 Å². The van der Waals surface area contributed by atoms with Crippen LogP contribution in [0.5, 0.6) is 0 Å². The maximum absolute atomic E-state index is 11.6. The fraction of sp³-hybridized carbons (Fsp3) is 0.333. The summed E-state index contributed by atoms with van der Waals surface area (Å²) in [5.74, 6) is 1.16. The molecule has 24 heavy (non-hydrogen) atoms. The zero-order chi connectivity index (χ0) is 16.5. The summed E-state index contributed by atoms with van der Waals surface area (Å²) in [4.78, 5) is 22.3. The highest BCUT2D eigenvalue weighted by molar-refractivity contribution is 5.73. The standard InChI is InChI=1S/C18H19N5O/c1-13(24)22-9-3-5-16(11-22)18-20-17-7-6-15(12-23(17)21-18)14-4-2-8-19-10-14/h2,4,6-8,10,12,16H,3,5,9,11H2,1H3. The van der Waals surface area contributed by atoms with Gasteiger partial charge in [-0.05, 0) is 31.0 Å². The Balaban J connectivity index is 1.65. The second-order valence-corrected chi connectivity index (χ2v) is 6.24. The van der Waals surface area contributed by atoms with Crippen LogP contribution in [0.3, 0.4) is 0 Å². The Morgan fingerprint density at radius 3 is 2.96 bits per heavy atom. The van der Waals surface area contributed by atoms with E-state index in [0.29, 0.717) is 6.54 Å². The number of carbonyl (C=O) groups is 1. The maximum atomic E-state index is 11.6. The van der Waals surface area contributed by atoms with Crippen LogP contribution in [0.1, 0.15) is 31.5 Å². The number of amides is 1. The highest BCUT2D eigenvalue weighted by atomic mass is 16.2. The van der Waals surface area contributed by atoms with Gasteiger partial charge in [-0.15, -0.1) is 0 Å². The van der Waals surface area contributed by atoms with Gasteiger partial charge in [-0.25, -0.2) is 9.50 Å². The Labute approximate surface area is 140 Å². The van der Waals surface area contributed by atoms with Crippen molar-refractivity contribution in [2.75, 3.05) is 13.1 Å². The van der Waals surface area contributed by atoms with E-state index in [2.05, 4.69) is 15.1 Å². The van der Waals surface area contributed by atoms with Crippen molar-refractivity contribution in [3.8, 4) is 11.1 Å². The molecule has 0 spiro atoms. The number of aromatic nitrogens is 4. The molecule has 1 aliphatic rings. The third-order valence-corrected chi connectivity index (χ3v) is 4.57. The lowest BCUT2D eigenvalue weighted by Crippen LogP contribution is -2.37. The van der Waals surface area contributed by atoms with Crippen molar-refractivity contribution >= 4 is 11.6 Å². The average molecular weight is 321 g/mol. The van der Waals surface area contributed by atoms with Crippen molar-refractivity contribution in [1.82, 2.24) is 24.5 Å². The topological polar surface area (TPSA) is 63.4 Å². The molecule has 3 aromatic heterocycles. The summed E-state index contributed by atoms with van der Waals surface area (Å²) in [5, 5.41) is 4.66. The molecule has 1 fully saturated rings. The van der Waals surface area contributed by atoms with E-state index in [9.17, 15) is 4.79 Å². The molecular formula is C18H19N5O. The summed E-state index contributed by atoms with van der Waals surface area (Å²) < 4.78 is 1.82. The van der Waals surface area contributed by atoms with Crippen LogP contribution >= 0.6 is 0 Å². The Morgan fingerprint density at radius 1 is 1.25 bits per heavy atom. The first-order chi connectivity index (χ1) is 11.7. The van der Waals surface area contributed by atoms with Gasteiger partial charge in [0.25, 0.3) is 0 Å². The molecule has 1 unspecified atom stereocenters. The predicted octanol–water partition coefficient (Wildman–Crippen LogP) is 2.52. The molecule has 1 saturated heterocycles. The van der Waals surface area contributed by atoms with Gasteiger partial charge < -0.3 is 4.90 Å². The molecule has 0 bridgehead atoms. The Kier molecular flexibility index (Phi) is 3.72. The third-order valence-electron chi connectivity index (χ3n) is 4.57. The maximum Gasteiger partial charge on any atom is 0.219 e. The third kappa shape index (κ3) is 2.75. The van der Waals surface area contributed by atoms with Gasteiger partial charge in [0.2, 0.25) is 5.91 Å². The smallest absolute Gasteiger partial charge is 0.219 e. The van der Waals surface area contributed by atoms with E-state index in [1.807, 2.05) is 46.1 Å². The van der Waals surface area contributed by atoms with Crippen LogP contribution in [0.4, 0.5) is 0 Å². The number of likely N-dealkylation sites (tertiary alicyclic amines) is 1. The molecule has 0 saturated carbocycles. The summed E-state index contributed by atoms with van der Waals surface area (Å²) in [6.45, 7) is 3.17. The minimum atomic E-state index is 0.127. The monoisotopic (exact) mass is 321 g/mol. The number of rotatable bonds is 2. The fourth-order valence-corrected chi connectivity index (χ4v) is 3.25. The molecule has 3 aromatic rings. The first-order valence-electron chi connectivity index (χ1n) is 8.23. The number of fused-ring (bicyclic) bond motifs is 1. The fourth-order valence-electron chi connectivity index (χ4n) is 3.25. The van der Waals surface area contributed by atoms with Crippen LogP contribution in [-0.4, -0.2) is 43.5 Å². The zero-order valence-corrected chi connectivity index (χ0v) is 13.6. The van der Waals surface area contributed by atoms with Crippen molar-refractivity contribution in [1.29, 1.82) is 0 Å². The number of nitrogens with zero attached hydrogens (tertiary/aromatic N) is 5. The van der Waals surface area contributed by atoms with E-state index in [1.165, 1.54) is 0 Å². The number of hydrogen-bond acceptors (Lipinski definition) is 4. The lowest BCUT2D eigenvalue weighted by atomic mass is 9.97. The minimum absolute atomic E-state index is 0.127. The Bertz CT molecular complexity index is 874. The van der Waals surface area contributed by atoms with Crippen LogP contribution in [0, 0.1) is 0 Å². The van der Waals surface area contributed by atoms with Gasteiger partial charge in [0, 0.05) is 55.6 Å². The average Bonchev–Trinajstić information content (AvgIpc) is 3.06. The van der Waals surface area contributed by atoms with Gasteiger partial charge in [0.05, 0.1) is 0 Å². The van der Waals surface area contributed by atoms with E-state index in [0.717, 1.165) is 42.0 Å². The molecule has 0 aliphatic carbocycles. The molecule has 6 nitrogen and oxygen atoms in total. The highest BCUT2D eigenvalue weighted by Crippen LogP contribution is 2.26. The van der Waals surface area contributed by atoms with E-state index < -0.39 is 0 Å². The van der Waals surface area contributed by atoms with Gasteiger partial charge >= 0.3 is 0 Å². The lowest BCUT2D eigenvalue weighted by Gasteiger charge is -2.30. The van der Waals surface area contributed by atoms with Crippen LogP contribution < -0.4 is 0 Å². The second kappa shape index (κ2) is 6.03. The predicted molar refractivity (Wildman–Crippen MR) is 90.4 cm³/mol.